The first-order valence-corrected chi connectivity index (χ1v) is 10.9. The Balaban J connectivity index is 1.71. The Morgan fingerprint density at radius 1 is 1.30 bits per heavy atom. The molecule has 0 unspecified atom stereocenters. The van der Waals surface area contributed by atoms with Gasteiger partial charge in [0.15, 0.2) is 5.17 Å². The molecule has 1 aliphatic heterocycles. The largest absolute Gasteiger partial charge is 0.496 e. The first-order valence-electron chi connectivity index (χ1n) is 8.85. The van der Waals surface area contributed by atoms with Gasteiger partial charge < -0.3 is 15.4 Å². The molecular weight excluding hydrogens is 492 g/mol. The number of rotatable bonds is 5. The number of methoxy groups -OCH3 is 1. The van der Waals surface area contributed by atoms with Gasteiger partial charge >= 0.3 is 0 Å². The minimum Gasteiger partial charge on any atom is -0.496 e. The summed E-state index contributed by atoms with van der Waals surface area (Å²) in [5.74, 6) is 0.135. The maximum Gasteiger partial charge on any atom is 0.238 e. The number of hydrogen-bond acceptors (Lipinski definition) is 6. The van der Waals surface area contributed by atoms with Gasteiger partial charge in [0.25, 0.3) is 0 Å². The number of thioether (sulfide) groups is 1. The molecule has 1 saturated heterocycles. The van der Waals surface area contributed by atoms with Crippen molar-refractivity contribution in [2.45, 2.75) is 18.6 Å². The second-order valence-electron chi connectivity index (χ2n) is 6.29. The number of nitrogens with zero attached hydrogens (tertiary/aromatic N) is 2. The summed E-state index contributed by atoms with van der Waals surface area (Å²) in [5, 5.41) is 14.0. The molecule has 2 amide bonds. The quantitative estimate of drug-likeness (QED) is 0.460. The molecule has 1 aliphatic rings. The standard InChI is InChI=1S/C20H18BrClN4O3S/c1-11(12-3-8-16(29-2)15(21)9-12)25-26-20-24-18(27)10-17(30-20)19(28)23-14-6-4-13(22)5-7-14/h3-9,17H,10H2,1-2H3,(H,23,28)(H,24,26,27)/b25-11-/t17-/m1/s1. The van der Waals surface area contributed by atoms with Crippen molar-refractivity contribution in [1.29, 1.82) is 0 Å². The summed E-state index contributed by atoms with van der Waals surface area (Å²) < 4.78 is 6.02. The Labute approximate surface area is 191 Å². The SMILES string of the molecule is COc1ccc(/C(C)=N\N=C2\NC(=O)C[C@H](C(=O)Nc3ccc(Cl)cc3)S2)cc1Br. The number of ether oxygens (including phenoxy) is 1. The van der Waals surface area contributed by atoms with Crippen molar-refractivity contribution in [2.24, 2.45) is 10.2 Å². The summed E-state index contributed by atoms with van der Waals surface area (Å²) in [4.78, 5) is 24.6. The molecule has 1 atom stereocenters. The average molecular weight is 510 g/mol. The van der Waals surface area contributed by atoms with E-state index in [9.17, 15) is 9.59 Å². The van der Waals surface area contributed by atoms with E-state index in [0.29, 0.717) is 22.2 Å². The van der Waals surface area contributed by atoms with Crippen molar-refractivity contribution in [1.82, 2.24) is 5.32 Å². The fourth-order valence-electron chi connectivity index (χ4n) is 2.56. The fraction of sp³-hybridized carbons (Fsp3) is 0.200. The lowest BCUT2D eigenvalue weighted by Crippen LogP contribution is -2.41. The van der Waals surface area contributed by atoms with Crippen LogP contribution in [0, 0.1) is 0 Å². The van der Waals surface area contributed by atoms with E-state index in [2.05, 4.69) is 36.8 Å². The lowest BCUT2D eigenvalue weighted by Gasteiger charge is -2.21. The van der Waals surface area contributed by atoms with Gasteiger partial charge in [-0.05, 0) is 70.9 Å². The van der Waals surface area contributed by atoms with Crippen LogP contribution in [0.25, 0.3) is 0 Å². The number of hydrogen-bond donors (Lipinski definition) is 2. The number of amides is 2. The maximum atomic E-state index is 12.5. The molecule has 0 radical (unpaired) electrons. The highest BCUT2D eigenvalue weighted by atomic mass is 79.9. The van der Waals surface area contributed by atoms with Gasteiger partial charge in [-0.2, -0.15) is 5.10 Å². The highest BCUT2D eigenvalue weighted by molar-refractivity contribution is 9.10. The van der Waals surface area contributed by atoms with Gasteiger partial charge in [-0.1, -0.05) is 23.4 Å². The van der Waals surface area contributed by atoms with Gasteiger partial charge in [0.2, 0.25) is 11.8 Å². The number of halogens is 2. The van der Waals surface area contributed by atoms with Crippen LogP contribution in [0.1, 0.15) is 18.9 Å². The molecule has 2 aromatic carbocycles. The van der Waals surface area contributed by atoms with E-state index in [1.165, 1.54) is 0 Å². The van der Waals surface area contributed by atoms with E-state index in [0.717, 1.165) is 21.8 Å². The topological polar surface area (TPSA) is 92.2 Å². The molecule has 0 spiro atoms. The van der Waals surface area contributed by atoms with Gasteiger partial charge in [0.05, 0.1) is 17.3 Å². The first kappa shape index (κ1) is 22.3. The highest BCUT2D eigenvalue weighted by Gasteiger charge is 2.30. The normalized spacial score (nSPS) is 18.1. The molecule has 2 N–H and O–H groups in total. The number of benzene rings is 2. The molecule has 1 fully saturated rings. The Morgan fingerprint density at radius 2 is 2.03 bits per heavy atom. The van der Waals surface area contributed by atoms with Gasteiger partial charge in [-0.15, -0.1) is 5.10 Å². The van der Waals surface area contributed by atoms with Gasteiger partial charge in [0.1, 0.15) is 11.0 Å². The van der Waals surface area contributed by atoms with E-state index in [1.807, 2.05) is 18.2 Å². The summed E-state index contributed by atoms with van der Waals surface area (Å²) in [6, 6.07) is 12.3. The van der Waals surface area contributed by atoms with Crippen LogP contribution < -0.4 is 15.4 Å². The molecule has 0 bridgehead atoms. The summed E-state index contributed by atoms with van der Waals surface area (Å²) >= 11 is 10.4. The second kappa shape index (κ2) is 10.1. The van der Waals surface area contributed by atoms with Crippen molar-refractivity contribution in [3.8, 4) is 5.75 Å². The zero-order valence-corrected chi connectivity index (χ0v) is 19.3. The Hall–Kier alpha value is -2.36. The van der Waals surface area contributed by atoms with Crippen LogP contribution >= 0.6 is 39.3 Å². The molecule has 30 heavy (non-hydrogen) atoms. The summed E-state index contributed by atoms with van der Waals surface area (Å²) in [7, 11) is 1.59. The zero-order chi connectivity index (χ0) is 21.7. The maximum absolute atomic E-state index is 12.5. The molecular formula is C20H18BrClN4O3S. The minimum atomic E-state index is -0.612. The lowest BCUT2D eigenvalue weighted by atomic mass is 10.1. The molecule has 10 heteroatoms. The molecule has 0 aromatic heterocycles. The van der Waals surface area contributed by atoms with E-state index in [-0.39, 0.29) is 23.4 Å². The smallest absolute Gasteiger partial charge is 0.238 e. The minimum absolute atomic E-state index is 0.0528. The fourth-order valence-corrected chi connectivity index (χ4v) is 4.16. The molecule has 0 saturated carbocycles. The molecule has 7 nitrogen and oxygen atoms in total. The number of carbonyl (C=O) groups is 2. The van der Waals surface area contributed by atoms with Crippen LogP contribution in [-0.4, -0.2) is 35.1 Å². The molecule has 3 rings (SSSR count). The Bertz CT molecular complexity index is 1030. The van der Waals surface area contributed by atoms with Crippen LogP contribution in [0.3, 0.4) is 0 Å². The lowest BCUT2D eigenvalue weighted by molar-refractivity contribution is -0.123. The predicted molar refractivity (Wildman–Crippen MR) is 125 cm³/mol. The number of amidine groups is 1. The second-order valence-corrected chi connectivity index (χ2v) is 8.78. The van der Waals surface area contributed by atoms with Crippen molar-refractivity contribution < 1.29 is 14.3 Å². The van der Waals surface area contributed by atoms with Gasteiger partial charge in [-0.3, -0.25) is 9.59 Å². The van der Waals surface area contributed by atoms with E-state index >= 15 is 0 Å². The monoisotopic (exact) mass is 508 g/mol. The predicted octanol–water partition coefficient (Wildman–Crippen LogP) is 4.45. The van der Waals surface area contributed by atoms with Crippen LogP contribution in [0.15, 0.2) is 57.1 Å². The number of carbonyl (C=O) groups excluding carboxylic acids is 2. The first-order chi connectivity index (χ1) is 14.4. The number of anilines is 1. The zero-order valence-electron chi connectivity index (χ0n) is 16.1. The molecule has 1 heterocycles. The van der Waals surface area contributed by atoms with Crippen molar-refractivity contribution >= 4 is 67.7 Å². The van der Waals surface area contributed by atoms with E-state index in [4.69, 9.17) is 16.3 Å². The van der Waals surface area contributed by atoms with Gasteiger partial charge in [-0.25, -0.2) is 0 Å². The van der Waals surface area contributed by atoms with E-state index in [1.54, 1.807) is 38.3 Å². The summed E-state index contributed by atoms with van der Waals surface area (Å²) in [6.07, 6.45) is 0.0528. The Morgan fingerprint density at radius 3 is 2.70 bits per heavy atom. The molecule has 0 aliphatic carbocycles. The Kier molecular flexibility index (Phi) is 7.52. The van der Waals surface area contributed by atoms with E-state index < -0.39 is 5.25 Å². The average Bonchev–Trinajstić information content (AvgIpc) is 2.73. The third-order valence-electron chi connectivity index (χ3n) is 4.14. The molecule has 2 aromatic rings. The van der Waals surface area contributed by atoms with Crippen molar-refractivity contribution in [2.75, 3.05) is 12.4 Å². The van der Waals surface area contributed by atoms with Crippen molar-refractivity contribution in [3.63, 3.8) is 0 Å². The summed E-state index contributed by atoms with van der Waals surface area (Å²) in [6.45, 7) is 1.80. The van der Waals surface area contributed by atoms with Crippen molar-refractivity contribution in [3.05, 3.63) is 57.5 Å². The number of nitrogens with one attached hydrogen (secondary N) is 2. The van der Waals surface area contributed by atoms with Crippen LogP contribution in [0.2, 0.25) is 5.02 Å². The van der Waals surface area contributed by atoms with Crippen LogP contribution in [0.4, 0.5) is 5.69 Å². The highest BCUT2D eigenvalue weighted by Crippen LogP contribution is 2.26. The third kappa shape index (κ3) is 5.84. The van der Waals surface area contributed by atoms with Gasteiger partial charge in [0, 0.05) is 17.1 Å². The summed E-state index contributed by atoms with van der Waals surface area (Å²) in [5.41, 5.74) is 2.10. The third-order valence-corrected chi connectivity index (χ3v) is 6.08. The molecule has 156 valence electrons. The van der Waals surface area contributed by atoms with Crippen LogP contribution in [0.5, 0.6) is 5.75 Å². The van der Waals surface area contributed by atoms with Crippen LogP contribution in [-0.2, 0) is 9.59 Å².